The maximum Gasteiger partial charge on any atom is 0.407 e. The lowest BCUT2D eigenvalue weighted by atomic mass is 9.79. The monoisotopic (exact) mass is 708 g/mol. The molecule has 1 saturated carbocycles. The van der Waals surface area contributed by atoms with Crippen molar-refractivity contribution >= 4 is 29.0 Å². The van der Waals surface area contributed by atoms with Gasteiger partial charge in [-0.1, -0.05) is 49.2 Å². The Morgan fingerprint density at radius 1 is 0.980 bits per heavy atom. The number of carbonyl (C=O) groups is 2. The van der Waals surface area contributed by atoms with E-state index >= 15 is 0 Å². The molecule has 3 N–H and O–H groups in total. The van der Waals surface area contributed by atoms with Crippen LogP contribution in [0.2, 0.25) is 0 Å². The number of alkyl carbamates (subject to hydrolysis) is 1. The van der Waals surface area contributed by atoms with E-state index in [1.807, 2.05) is 115 Å². The number of nitrogens with zero attached hydrogens (tertiary/aromatic N) is 3. The van der Waals surface area contributed by atoms with Gasteiger partial charge in [0.1, 0.15) is 21.6 Å². The zero-order valence-electron chi connectivity index (χ0n) is 30.5. The van der Waals surface area contributed by atoms with Gasteiger partial charge in [-0.25, -0.2) is 9.48 Å². The zero-order valence-corrected chi connectivity index (χ0v) is 31.3. The van der Waals surface area contributed by atoms with Gasteiger partial charge in [0.15, 0.2) is 0 Å². The number of nitriles is 1. The van der Waals surface area contributed by atoms with Crippen molar-refractivity contribution in [3.05, 3.63) is 113 Å². The smallest absolute Gasteiger partial charge is 0.407 e. The first-order valence-electron chi connectivity index (χ1n) is 17.3. The molecule has 0 radical (unpaired) electrons. The van der Waals surface area contributed by atoms with Crippen LogP contribution in [0.5, 0.6) is 0 Å². The Morgan fingerprint density at radius 2 is 1.67 bits per heavy atom. The lowest BCUT2D eigenvalue weighted by molar-refractivity contribution is 0.0523. The highest BCUT2D eigenvalue weighted by Gasteiger charge is 2.43. The number of aromatic nitrogens is 2. The van der Waals surface area contributed by atoms with E-state index in [0.717, 1.165) is 23.1 Å². The van der Waals surface area contributed by atoms with E-state index in [2.05, 4.69) is 26.5 Å². The van der Waals surface area contributed by atoms with Gasteiger partial charge in [-0.15, -0.1) is 4.72 Å². The molecule has 1 aliphatic rings. The van der Waals surface area contributed by atoms with E-state index in [1.54, 1.807) is 16.8 Å². The molecular weight excluding hydrogens is 661 g/mol. The lowest BCUT2D eigenvalue weighted by Gasteiger charge is -2.39. The van der Waals surface area contributed by atoms with E-state index in [4.69, 9.17) is 4.74 Å². The summed E-state index contributed by atoms with van der Waals surface area (Å²) in [5.41, 5.74) is 3.74. The highest BCUT2D eigenvalue weighted by molar-refractivity contribution is 7.90. The van der Waals surface area contributed by atoms with E-state index in [-0.39, 0.29) is 12.5 Å². The molecule has 1 aromatic heterocycles. The fraction of sp³-hybridized carbons (Fsp3) is 0.400. The number of nitrogens with one attached hydrogen (secondary N) is 3. The Balaban J connectivity index is 1.46. The SMILES string of the molecule is Cc1cc(C(=O)Nc2cccc(C(CCC3CC3)(N[S@+]([O-])C(C)(C)C)c3cccc(C#N)c3)c2)n(-c2cccc(CNC(=O)OC(C)(C)C)c2)n1. The molecule has 0 bridgehead atoms. The standard InChI is InChI=1S/C40H48N6O4S/c1-27-21-35(46(44-27)34-16-9-12-30(23-34)26-42-37(48)50-38(2,3)4)36(47)43-33-15-10-14-32(24-33)40(20-19-28-17-18-28,45-51(49)39(5,6)7)31-13-8-11-29(22-31)25-41/h8-16,21-24,28,45H,17-20,26H2,1-7H3,(H,42,48)(H,43,47)/t40?,51-/m1/s1. The van der Waals surface area contributed by atoms with Crippen LogP contribution >= 0.6 is 0 Å². The molecule has 5 rings (SSSR count). The molecule has 11 heteroatoms. The minimum Gasteiger partial charge on any atom is -0.598 e. The second kappa shape index (κ2) is 15.3. The second-order valence-corrected chi connectivity index (χ2v) is 17.2. The van der Waals surface area contributed by atoms with Gasteiger partial charge in [0.25, 0.3) is 5.91 Å². The van der Waals surface area contributed by atoms with Gasteiger partial charge in [0, 0.05) is 23.6 Å². The maximum atomic E-state index is 14.0. The quantitative estimate of drug-likeness (QED) is 0.127. The minimum atomic E-state index is -1.45. The largest absolute Gasteiger partial charge is 0.598 e. The first-order valence-corrected chi connectivity index (χ1v) is 18.5. The van der Waals surface area contributed by atoms with Crippen LogP contribution in [-0.4, -0.2) is 36.7 Å². The van der Waals surface area contributed by atoms with Crippen molar-refractivity contribution in [1.82, 2.24) is 19.8 Å². The Bertz CT molecular complexity index is 1920. The number of amides is 2. The summed E-state index contributed by atoms with van der Waals surface area (Å²) >= 11 is -1.45. The van der Waals surface area contributed by atoms with E-state index in [0.29, 0.717) is 40.7 Å². The van der Waals surface area contributed by atoms with E-state index in [9.17, 15) is 19.4 Å². The van der Waals surface area contributed by atoms with Crippen molar-refractivity contribution in [2.45, 2.75) is 96.6 Å². The molecule has 51 heavy (non-hydrogen) atoms. The zero-order chi connectivity index (χ0) is 37.0. The summed E-state index contributed by atoms with van der Waals surface area (Å²) in [5.74, 6) is 0.248. The molecule has 4 aromatic rings. The van der Waals surface area contributed by atoms with Gasteiger partial charge >= 0.3 is 6.09 Å². The highest BCUT2D eigenvalue weighted by Crippen LogP contribution is 2.43. The molecule has 3 aromatic carbocycles. The van der Waals surface area contributed by atoms with Crippen LogP contribution in [0.4, 0.5) is 10.5 Å². The summed E-state index contributed by atoms with van der Waals surface area (Å²) in [6.45, 7) is 13.3. The number of ether oxygens (including phenoxy) is 1. The summed E-state index contributed by atoms with van der Waals surface area (Å²) in [4.78, 5) is 26.2. The van der Waals surface area contributed by atoms with Crippen LogP contribution in [0.3, 0.4) is 0 Å². The summed E-state index contributed by atoms with van der Waals surface area (Å²) in [5, 5.41) is 20.3. The minimum absolute atomic E-state index is 0.241. The van der Waals surface area contributed by atoms with Crippen molar-refractivity contribution in [2.75, 3.05) is 5.32 Å². The topological polar surface area (TPSA) is 144 Å². The fourth-order valence-electron chi connectivity index (χ4n) is 5.82. The number of rotatable bonds is 12. The summed E-state index contributed by atoms with van der Waals surface area (Å²) in [7, 11) is 0. The molecule has 1 aliphatic carbocycles. The van der Waals surface area contributed by atoms with E-state index in [1.165, 1.54) is 12.8 Å². The Hall–Kier alpha value is -4.63. The van der Waals surface area contributed by atoms with Crippen LogP contribution in [0.15, 0.2) is 78.9 Å². The normalized spacial score (nSPS) is 15.0. The van der Waals surface area contributed by atoms with Gasteiger partial charge in [0.05, 0.1) is 23.0 Å². The Morgan fingerprint density at radius 3 is 2.33 bits per heavy atom. The average Bonchev–Trinajstić information content (AvgIpc) is 3.83. The predicted molar refractivity (Wildman–Crippen MR) is 201 cm³/mol. The second-order valence-electron chi connectivity index (χ2n) is 15.2. The summed E-state index contributed by atoms with van der Waals surface area (Å²) in [6, 6.07) is 26.5. The molecule has 268 valence electrons. The summed E-state index contributed by atoms with van der Waals surface area (Å²) in [6.07, 6.45) is 3.41. The van der Waals surface area contributed by atoms with Crippen LogP contribution in [0, 0.1) is 24.2 Å². The number of hydrogen-bond donors (Lipinski definition) is 3. The van der Waals surface area contributed by atoms with Crippen LogP contribution < -0.4 is 15.4 Å². The molecule has 1 fully saturated rings. The third kappa shape index (κ3) is 9.79. The molecule has 10 nitrogen and oxygen atoms in total. The third-order valence-electron chi connectivity index (χ3n) is 8.60. The van der Waals surface area contributed by atoms with Crippen molar-refractivity contribution in [1.29, 1.82) is 5.26 Å². The first-order chi connectivity index (χ1) is 24.1. The molecule has 0 aliphatic heterocycles. The van der Waals surface area contributed by atoms with Crippen LogP contribution in [0.25, 0.3) is 5.69 Å². The molecular formula is C40H48N6O4S. The molecule has 2 atom stereocenters. The lowest BCUT2D eigenvalue weighted by Crippen LogP contribution is -2.52. The molecule has 1 heterocycles. The van der Waals surface area contributed by atoms with Gasteiger partial charge in [-0.3, -0.25) is 4.79 Å². The van der Waals surface area contributed by atoms with Gasteiger partial charge < -0.3 is 19.9 Å². The van der Waals surface area contributed by atoms with E-state index < -0.39 is 33.3 Å². The molecule has 0 spiro atoms. The number of benzene rings is 3. The van der Waals surface area contributed by atoms with Crippen molar-refractivity contribution in [3.63, 3.8) is 0 Å². The third-order valence-corrected chi connectivity index (χ3v) is 10.2. The maximum absolute atomic E-state index is 14.0. The van der Waals surface area contributed by atoms with Crippen LogP contribution in [0.1, 0.15) is 106 Å². The van der Waals surface area contributed by atoms with Gasteiger partial charge in [-0.05, 0) is 126 Å². The van der Waals surface area contributed by atoms with Crippen LogP contribution in [-0.2, 0) is 28.2 Å². The number of hydrogen-bond acceptors (Lipinski definition) is 7. The molecule has 1 unspecified atom stereocenters. The Labute approximate surface area is 304 Å². The number of aryl methyl sites for hydroxylation is 1. The summed E-state index contributed by atoms with van der Waals surface area (Å²) < 4.78 is 23.8. The average molecular weight is 709 g/mol. The molecule has 2 amide bonds. The van der Waals surface area contributed by atoms with Crippen molar-refractivity contribution in [2.24, 2.45) is 5.92 Å². The highest BCUT2D eigenvalue weighted by atomic mass is 32.2. The Kier molecular flexibility index (Phi) is 11.3. The van der Waals surface area contributed by atoms with Gasteiger partial charge in [0.2, 0.25) is 0 Å². The first kappa shape index (κ1) is 37.6. The molecule has 0 saturated heterocycles. The van der Waals surface area contributed by atoms with Crippen molar-refractivity contribution in [3.8, 4) is 11.8 Å². The van der Waals surface area contributed by atoms with Crippen molar-refractivity contribution < 1.29 is 18.9 Å². The predicted octanol–water partition coefficient (Wildman–Crippen LogP) is 7.82. The fourth-order valence-corrected chi connectivity index (χ4v) is 6.78. The number of anilines is 1. The number of carbonyl (C=O) groups excluding carboxylic acids is 2. The van der Waals surface area contributed by atoms with Gasteiger partial charge in [-0.2, -0.15) is 10.4 Å².